The monoisotopic (exact) mass is 491 g/mol. The molecule has 11 heteroatoms. The van der Waals surface area contributed by atoms with Gasteiger partial charge in [-0.05, 0) is 49.4 Å². The number of nitrogen functional groups attached to an aromatic ring is 1. The van der Waals surface area contributed by atoms with E-state index in [-0.39, 0.29) is 35.3 Å². The highest BCUT2D eigenvalue weighted by Crippen LogP contribution is 2.26. The van der Waals surface area contributed by atoms with Crippen molar-refractivity contribution in [2.45, 2.75) is 53.0 Å². The van der Waals surface area contributed by atoms with Gasteiger partial charge in [0.1, 0.15) is 5.82 Å². The summed E-state index contributed by atoms with van der Waals surface area (Å²) in [6.45, 7) is 6.95. The molecule has 0 radical (unpaired) electrons. The number of carbonyl (C=O) groups is 1. The number of sulfonamides is 1. The number of nitrogens with one attached hydrogen (secondary N) is 1. The Labute approximate surface area is 199 Å². The maximum atomic E-state index is 13.5. The van der Waals surface area contributed by atoms with Crippen molar-refractivity contribution in [2.24, 2.45) is 5.92 Å². The fraction of sp³-hybridized carbons (Fsp3) is 0.522. The molecule has 0 spiro atoms. The zero-order valence-corrected chi connectivity index (χ0v) is 20.7. The summed E-state index contributed by atoms with van der Waals surface area (Å²) in [5.74, 6) is -0.135. The first-order valence-corrected chi connectivity index (χ1v) is 13.2. The zero-order valence-electron chi connectivity index (χ0n) is 19.9. The normalized spacial score (nSPS) is 15.1. The second-order valence-corrected chi connectivity index (χ2v) is 10.9. The van der Waals surface area contributed by atoms with Crippen LogP contribution in [0.3, 0.4) is 0 Å². The molecule has 1 fully saturated rings. The van der Waals surface area contributed by atoms with Crippen LogP contribution in [0.15, 0.2) is 33.9 Å². The average Bonchev–Trinajstić information content (AvgIpc) is 3.14. The Kier molecular flexibility index (Phi) is 7.86. The lowest BCUT2D eigenvalue weighted by molar-refractivity contribution is 0.0985. The van der Waals surface area contributed by atoms with Crippen LogP contribution in [-0.4, -0.2) is 42.7 Å². The number of aromatic amines is 1. The molecular weight excluding hydrogens is 458 g/mol. The third-order valence-electron chi connectivity index (χ3n) is 5.90. The largest absolute Gasteiger partial charge is 0.383 e. The lowest BCUT2D eigenvalue weighted by atomic mass is 10.1. The molecule has 1 saturated heterocycles. The van der Waals surface area contributed by atoms with Crippen molar-refractivity contribution >= 4 is 33.1 Å². The SMILES string of the molecule is CCCCn1c(N)c(N(CCC(C)C)C(=O)c2ccc(N3CCCS3(=O)=O)cc2)c(=O)[nH]c1=O. The van der Waals surface area contributed by atoms with E-state index in [0.717, 1.165) is 6.42 Å². The van der Waals surface area contributed by atoms with E-state index in [0.29, 0.717) is 38.0 Å². The number of unbranched alkanes of at least 4 members (excludes halogenated alkanes) is 1. The van der Waals surface area contributed by atoms with Crippen LogP contribution < -0.4 is 26.2 Å². The molecule has 186 valence electrons. The summed E-state index contributed by atoms with van der Waals surface area (Å²) in [6, 6.07) is 6.27. The summed E-state index contributed by atoms with van der Waals surface area (Å²) in [5, 5.41) is 0. The third-order valence-corrected chi connectivity index (χ3v) is 7.77. The molecule has 1 aromatic heterocycles. The summed E-state index contributed by atoms with van der Waals surface area (Å²) >= 11 is 0. The van der Waals surface area contributed by atoms with E-state index in [4.69, 9.17) is 5.73 Å². The Bertz CT molecular complexity index is 1250. The van der Waals surface area contributed by atoms with Crippen molar-refractivity contribution in [1.82, 2.24) is 9.55 Å². The predicted molar refractivity (Wildman–Crippen MR) is 134 cm³/mol. The van der Waals surface area contributed by atoms with Crippen LogP contribution in [0.2, 0.25) is 0 Å². The first-order valence-electron chi connectivity index (χ1n) is 11.6. The minimum absolute atomic E-state index is 0.0425. The molecule has 3 rings (SSSR count). The topological polar surface area (TPSA) is 139 Å². The highest BCUT2D eigenvalue weighted by Gasteiger charge is 2.29. The van der Waals surface area contributed by atoms with Gasteiger partial charge in [-0.2, -0.15) is 0 Å². The molecule has 2 aromatic rings. The van der Waals surface area contributed by atoms with Gasteiger partial charge in [-0.15, -0.1) is 0 Å². The first-order chi connectivity index (χ1) is 16.1. The Balaban J connectivity index is 2.01. The van der Waals surface area contributed by atoms with Gasteiger partial charge in [-0.25, -0.2) is 13.2 Å². The molecule has 34 heavy (non-hydrogen) atoms. The van der Waals surface area contributed by atoms with Gasteiger partial charge in [0.15, 0.2) is 5.69 Å². The van der Waals surface area contributed by atoms with Crippen molar-refractivity contribution < 1.29 is 13.2 Å². The number of carbonyl (C=O) groups excluding carboxylic acids is 1. The Hall–Kier alpha value is -3.08. The summed E-state index contributed by atoms with van der Waals surface area (Å²) in [7, 11) is -3.33. The van der Waals surface area contributed by atoms with Gasteiger partial charge in [0.2, 0.25) is 10.0 Å². The lowest BCUT2D eigenvalue weighted by Crippen LogP contribution is -2.42. The van der Waals surface area contributed by atoms with Gasteiger partial charge < -0.3 is 10.6 Å². The molecular formula is C23H33N5O5S. The number of nitrogens with zero attached hydrogens (tertiary/aromatic N) is 3. The second-order valence-electron chi connectivity index (χ2n) is 8.93. The van der Waals surface area contributed by atoms with Crippen molar-refractivity contribution in [3.05, 3.63) is 50.7 Å². The first kappa shape index (κ1) is 25.5. The van der Waals surface area contributed by atoms with Crippen molar-refractivity contribution in [3.8, 4) is 0 Å². The molecule has 0 unspecified atom stereocenters. The highest BCUT2D eigenvalue weighted by atomic mass is 32.2. The molecule has 2 heterocycles. The number of anilines is 3. The van der Waals surface area contributed by atoms with E-state index in [9.17, 15) is 22.8 Å². The third kappa shape index (κ3) is 5.35. The number of nitrogens with two attached hydrogens (primary N) is 1. The molecule has 0 atom stereocenters. The van der Waals surface area contributed by atoms with Gasteiger partial charge in [0.05, 0.1) is 11.4 Å². The van der Waals surface area contributed by atoms with Crippen molar-refractivity contribution in [2.75, 3.05) is 33.8 Å². The molecule has 1 aromatic carbocycles. The predicted octanol–water partition coefficient (Wildman–Crippen LogP) is 2.15. The van der Waals surface area contributed by atoms with E-state index in [1.54, 1.807) is 24.3 Å². The second kappa shape index (κ2) is 10.5. The van der Waals surface area contributed by atoms with Crippen LogP contribution in [0.25, 0.3) is 0 Å². The minimum Gasteiger partial charge on any atom is -0.383 e. The van der Waals surface area contributed by atoms with Gasteiger partial charge in [0.25, 0.3) is 11.5 Å². The smallest absolute Gasteiger partial charge is 0.330 e. The van der Waals surface area contributed by atoms with Crippen LogP contribution >= 0.6 is 0 Å². The van der Waals surface area contributed by atoms with E-state index in [2.05, 4.69) is 4.98 Å². The molecule has 0 saturated carbocycles. The maximum Gasteiger partial charge on any atom is 0.330 e. The Morgan fingerprint density at radius 2 is 1.88 bits per heavy atom. The Morgan fingerprint density at radius 3 is 2.44 bits per heavy atom. The zero-order chi connectivity index (χ0) is 25.0. The molecule has 10 nitrogen and oxygen atoms in total. The standard InChI is InChI=1S/C23H33N5O5S/c1-4-5-12-27-20(24)19(21(29)25-23(27)31)26(14-11-16(2)3)22(30)17-7-9-18(10-8-17)28-13-6-15-34(28,32)33/h7-10,16H,4-6,11-15,24H2,1-3H3,(H,25,29,31). The van der Waals surface area contributed by atoms with Gasteiger partial charge in [-0.3, -0.25) is 23.4 Å². The van der Waals surface area contributed by atoms with E-state index in [1.165, 1.54) is 13.8 Å². The Morgan fingerprint density at radius 1 is 1.21 bits per heavy atom. The average molecular weight is 492 g/mol. The lowest BCUT2D eigenvalue weighted by Gasteiger charge is -2.25. The van der Waals surface area contributed by atoms with Crippen LogP contribution in [0.5, 0.6) is 0 Å². The molecule has 0 aliphatic carbocycles. The van der Waals surface area contributed by atoms with Gasteiger partial charge in [-0.1, -0.05) is 27.2 Å². The van der Waals surface area contributed by atoms with Crippen LogP contribution in [0, 0.1) is 5.92 Å². The summed E-state index contributed by atoms with van der Waals surface area (Å²) in [5.41, 5.74) is 5.67. The molecule has 1 aliphatic rings. The van der Waals surface area contributed by atoms with Crippen LogP contribution in [0.4, 0.5) is 17.2 Å². The molecule has 3 N–H and O–H groups in total. The van der Waals surface area contributed by atoms with Gasteiger partial charge >= 0.3 is 5.69 Å². The molecule has 1 aliphatic heterocycles. The number of benzene rings is 1. The number of hydrogen-bond donors (Lipinski definition) is 2. The number of aromatic nitrogens is 2. The number of amides is 1. The molecule has 1 amide bonds. The van der Waals surface area contributed by atoms with Crippen molar-refractivity contribution in [3.63, 3.8) is 0 Å². The van der Waals surface area contributed by atoms with Crippen LogP contribution in [-0.2, 0) is 16.6 Å². The maximum absolute atomic E-state index is 13.5. The fourth-order valence-electron chi connectivity index (χ4n) is 3.93. The van der Waals surface area contributed by atoms with Crippen molar-refractivity contribution in [1.29, 1.82) is 0 Å². The summed E-state index contributed by atoms with van der Waals surface area (Å²) in [4.78, 5) is 42.3. The summed E-state index contributed by atoms with van der Waals surface area (Å²) in [6.07, 6.45) is 2.69. The highest BCUT2D eigenvalue weighted by molar-refractivity contribution is 7.93. The summed E-state index contributed by atoms with van der Waals surface area (Å²) < 4.78 is 27.0. The number of rotatable bonds is 9. The fourth-order valence-corrected chi connectivity index (χ4v) is 5.50. The van der Waals surface area contributed by atoms with E-state index >= 15 is 0 Å². The number of H-pyrrole nitrogens is 1. The molecule has 0 bridgehead atoms. The van der Waals surface area contributed by atoms with Crippen LogP contribution in [0.1, 0.15) is 56.8 Å². The number of hydrogen-bond acceptors (Lipinski definition) is 6. The van der Waals surface area contributed by atoms with E-state index in [1.807, 2.05) is 20.8 Å². The quantitative estimate of drug-likeness (QED) is 0.551. The van der Waals surface area contributed by atoms with Gasteiger partial charge in [0, 0.05) is 25.2 Å². The minimum atomic E-state index is -3.33. The van der Waals surface area contributed by atoms with E-state index < -0.39 is 27.2 Å².